The second-order valence-electron chi connectivity index (χ2n) is 2.58. The van der Waals surface area contributed by atoms with Gasteiger partial charge in [0, 0.05) is 24.4 Å². The van der Waals surface area contributed by atoms with Gasteiger partial charge in [0.1, 0.15) is 5.25 Å². The van der Waals surface area contributed by atoms with Crippen LogP contribution in [0.4, 0.5) is 0 Å². The first-order valence-electron chi connectivity index (χ1n) is 4.02. The van der Waals surface area contributed by atoms with Crippen LogP contribution in [0.15, 0.2) is 29.4 Å². The minimum atomic E-state index is -0.867. The average molecular weight is 213 g/mol. The van der Waals surface area contributed by atoms with E-state index in [1.54, 1.807) is 24.5 Å². The molecule has 1 aromatic heterocycles. The van der Waals surface area contributed by atoms with Crippen LogP contribution in [0.3, 0.4) is 0 Å². The zero-order valence-corrected chi connectivity index (χ0v) is 8.53. The average Bonchev–Trinajstić information content (AvgIpc) is 2.18. The van der Waals surface area contributed by atoms with Crippen LogP contribution in [0.1, 0.15) is 0 Å². The van der Waals surface area contributed by atoms with Gasteiger partial charge in [-0.2, -0.15) is 0 Å². The summed E-state index contributed by atoms with van der Waals surface area (Å²) in [5, 5.41) is 8.28. The Hall–Kier alpha value is -1.07. The lowest BCUT2D eigenvalue weighted by molar-refractivity contribution is -0.137. The lowest BCUT2D eigenvalue weighted by atomic mass is 10.4. The highest BCUT2D eigenvalue weighted by molar-refractivity contribution is 8.00. The Kier molecular flexibility index (Phi) is 4.42. The molecule has 1 N–H and O–H groups in total. The van der Waals surface area contributed by atoms with Gasteiger partial charge in [-0.3, -0.25) is 9.78 Å². The Morgan fingerprint density at radius 3 is 2.79 bits per heavy atom. The first kappa shape index (κ1) is 11.0. The molecule has 0 aliphatic carbocycles. The molecule has 0 saturated heterocycles. The van der Waals surface area contributed by atoms with E-state index in [4.69, 9.17) is 9.84 Å². The quantitative estimate of drug-likeness (QED) is 0.746. The van der Waals surface area contributed by atoms with Crippen LogP contribution in [0, 0.1) is 0 Å². The van der Waals surface area contributed by atoms with E-state index in [0.29, 0.717) is 0 Å². The van der Waals surface area contributed by atoms with E-state index in [2.05, 4.69) is 4.98 Å². The third kappa shape index (κ3) is 3.35. The molecule has 0 aromatic carbocycles. The summed E-state index contributed by atoms with van der Waals surface area (Å²) < 4.78 is 4.82. The Morgan fingerprint density at radius 1 is 1.64 bits per heavy atom. The summed E-state index contributed by atoms with van der Waals surface area (Å²) in [6, 6.07) is 3.55. The van der Waals surface area contributed by atoms with Crippen molar-refractivity contribution in [1.82, 2.24) is 4.98 Å². The summed E-state index contributed by atoms with van der Waals surface area (Å²) in [5.41, 5.74) is 0. The number of hydrogen-bond acceptors (Lipinski definition) is 4. The maximum absolute atomic E-state index is 10.8. The standard InChI is InChI=1S/C9H11NO3S/c1-13-6-8(9(11)12)14-7-2-4-10-5-3-7/h2-5,8H,6H2,1H3,(H,11,12). The largest absolute Gasteiger partial charge is 0.480 e. The minimum absolute atomic E-state index is 0.197. The van der Waals surface area contributed by atoms with Gasteiger partial charge in [0.2, 0.25) is 0 Å². The van der Waals surface area contributed by atoms with E-state index in [1.165, 1.54) is 18.9 Å². The molecule has 0 bridgehead atoms. The molecule has 0 spiro atoms. The first-order valence-corrected chi connectivity index (χ1v) is 4.90. The van der Waals surface area contributed by atoms with Crippen LogP contribution >= 0.6 is 11.8 Å². The second kappa shape index (κ2) is 5.62. The fraction of sp³-hybridized carbons (Fsp3) is 0.333. The van der Waals surface area contributed by atoms with Gasteiger partial charge < -0.3 is 9.84 Å². The summed E-state index contributed by atoms with van der Waals surface area (Å²) in [5.74, 6) is -0.867. The van der Waals surface area contributed by atoms with Crippen molar-refractivity contribution in [3.63, 3.8) is 0 Å². The van der Waals surface area contributed by atoms with Gasteiger partial charge in [0.25, 0.3) is 0 Å². The summed E-state index contributed by atoms with van der Waals surface area (Å²) >= 11 is 1.26. The minimum Gasteiger partial charge on any atom is -0.480 e. The Balaban J connectivity index is 2.60. The van der Waals surface area contributed by atoms with Crippen LogP contribution in [0.2, 0.25) is 0 Å². The molecule has 4 nitrogen and oxygen atoms in total. The number of ether oxygens (including phenoxy) is 1. The Bertz CT molecular complexity index is 291. The molecule has 1 rings (SSSR count). The number of carboxylic acids is 1. The topological polar surface area (TPSA) is 59.4 Å². The fourth-order valence-electron chi connectivity index (χ4n) is 0.888. The predicted molar refractivity (Wildman–Crippen MR) is 53.4 cm³/mol. The first-order chi connectivity index (χ1) is 6.74. The summed E-state index contributed by atoms with van der Waals surface area (Å²) in [6.07, 6.45) is 3.27. The molecule has 1 unspecified atom stereocenters. The van der Waals surface area contributed by atoms with Gasteiger partial charge in [0.15, 0.2) is 0 Å². The highest BCUT2D eigenvalue weighted by atomic mass is 32.2. The van der Waals surface area contributed by atoms with Crippen LogP contribution in [-0.4, -0.2) is 35.0 Å². The molecule has 0 fully saturated rings. The van der Waals surface area contributed by atoms with Gasteiger partial charge in [0.05, 0.1) is 6.61 Å². The Morgan fingerprint density at radius 2 is 2.29 bits per heavy atom. The number of hydrogen-bond donors (Lipinski definition) is 1. The normalized spacial score (nSPS) is 12.4. The highest BCUT2D eigenvalue weighted by Gasteiger charge is 2.18. The fourth-order valence-corrected chi connectivity index (χ4v) is 1.80. The molecule has 76 valence electrons. The van der Waals surface area contributed by atoms with E-state index in [0.717, 1.165) is 4.90 Å². The van der Waals surface area contributed by atoms with Crippen molar-refractivity contribution >= 4 is 17.7 Å². The van der Waals surface area contributed by atoms with Crippen molar-refractivity contribution in [2.75, 3.05) is 13.7 Å². The molecule has 0 aliphatic rings. The number of carboxylic acid groups (broad SMARTS) is 1. The number of methoxy groups -OCH3 is 1. The zero-order chi connectivity index (χ0) is 10.4. The monoisotopic (exact) mass is 213 g/mol. The third-order valence-electron chi connectivity index (χ3n) is 1.52. The third-order valence-corrected chi connectivity index (χ3v) is 2.69. The summed E-state index contributed by atoms with van der Waals surface area (Å²) in [6.45, 7) is 0.197. The second-order valence-corrected chi connectivity index (χ2v) is 3.86. The van der Waals surface area contributed by atoms with E-state index < -0.39 is 11.2 Å². The van der Waals surface area contributed by atoms with Gasteiger partial charge >= 0.3 is 5.97 Å². The van der Waals surface area contributed by atoms with Crippen molar-refractivity contribution in [3.05, 3.63) is 24.5 Å². The number of pyridine rings is 1. The predicted octanol–water partition coefficient (Wildman–Crippen LogP) is 1.27. The number of nitrogens with zero attached hydrogens (tertiary/aromatic N) is 1. The molecule has 0 amide bonds. The number of thioether (sulfide) groups is 1. The number of aliphatic carboxylic acids is 1. The van der Waals surface area contributed by atoms with Gasteiger partial charge in [-0.05, 0) is 12.1 Å². The van der Waals surface area contributed by atoms with Crippen LogP contribution in [0.5, 0.6) is 0 Å². The van der Waals surface area contributed by atoms with Crippen LogP contribution in [0.25, 0.3) is 0 Å². The summed E-state index contributed by atoms with van der Waals surface area (Å²) in [7, 11) is 1.49. The number of carbonyl (C=O) groups is 1. The summed E-state index contributed by atoms with van der Waals surface area (Å²) in [4.78, 5) is 15.5. The molecule has 1 aromatic rings. The molecule has 5 heteroatoms. The molecular weight excluding hydrogens is 202 g/mol. The smallest absolute Gasteiger partial charge is 0.319 e. The zero-order valence-electron chi connectivity index (χ0n) is 7.71. The molecule has 1 atom stereocenters. The molecule has 1 heterocycles. The number of rotatable bonds is 5. The molecule has 0 saturated carbocycles. The Labute approximate surface area is 86.3 Å². The van der Waals surface area contributed by atoms with Crippen molar-refractivity contribution < 1.29 is 14.6 Å². The van der Waals surface area contributed by atoms with E-state index in [1.807, 2.05) is 0 Å². The van der Waals surface area contributed by atoms with E-state index >= 15 is 0 Å². The van der Waals surface area contributed by atoms with E-state index in [9.17, 15) is 4.79 Å². The molecule has 14 heavy (non-hydrogen) atoms. The van der Waals surface area contributed by atoms with Gasteiger partial charge in [-0.25, -0.2) is 0 Å². The van der Waals surface area contributed by atoms with Crippen molar-refractivity contribution in [3.8, 4) is 0 Å². The number of aromatic nitrogens is 1. The van der Waals surface area contributed by atoms with Crippen LogP contribution in [-0.2, 0) is 9.53 Å². The highest BCUT2D eigenvalue weighted by Crippen LogP contribution is 2.22. The molecular formula is C9H11NO3S. The molecule has 0 radical (unpaired) electrons. The van der Waals surface area contributed by atoms with Crippen molar-refractivity contribution in [2.45, 2.75) is 10.1 Å². The van der Waals surface area contributed by atoms with Gasteiger partial charge in [-0.1, -0.05) is 0 Å². The van der Waals surface area contributed by atoms with Crippen LogP contribution < -0.4 is 0 Å². The maximum atomic E-state index is 10.8. The van der Waals surface area contributed by atoms with E-state index in [-0.39, 0.29) is 6.61 Å². The van der Waals surface area contributed by atoms with Gasteiger partial charge in [-0.15, -0.1) is 11.8 Å². The molecule has 0 aliphatic heterocycles. The lowest BCUT2D eigenvalue weighted by Gasteiger charge is -2.09. The SMILES string of the molecule is COCC(Sc1ccncc1)C(=O)O. The lowest BCUT2D eigenvalue weighted by Crippen LogP contribution is -2.21. The van der Waals surface area contributed by atoms with Crippen molar-refractivity contribution in [1.29, 1.82) is 0 Å². The maximum Gasteiger partial charge on any atom is 0.319 e. The van der Waals surface area contributed by atoms with Crippen molar-refractivity contribution in [2.24, 2.45) is 0 Å².